The van der Waals surface area contributed by atoms with E-state index in [0.717, 1.165) is 12.1 Å². The number of benzene rings is 1. The second-order valence-corrected chi connectivity index (χ2v) is 3.52. The highest BCUT2D eigenvalue weighted by Gasteiger charge is 2.17. The van der Waals surface area contributed by atoms with Crippen LogP contribution in [-0.4, -0.2) is 16.9 Å². The molecule has 0 spiro atoms. The van der Waals surface area contributed by atoms with Crippen LogP contribution in [0.15, 0.2) is 18.2 Å². The number of nitro benzene ring substituents is 1. The molecule has 0 radical (unpaired) electrons. The lowest BCUT2D eigenvalue weighted by molar-refractivity contribution is -0.387. The zero-order chi connectivity index (χ0) is 13.7. The van der Waals surface area contributed by atoms with Crippen molar-refractivity contribution in [2.75, 3.05) is 0 Å². The molecular formula is C12H11FN2O3. The molecule has 6 heteroatoms. The van der Waals surface area contributed by atoms with Crippen LogP contribution in [0.3, 0.4) is 0 Å². The molecule has 94 valence electrons. The molecule has 0 bridgehead atoms. The summed E-state index contributed by atoms with van der Waals surface area (Å²) < 4.78 is 13.3. The third kappa shape index (κ3) is 3.04. The van der Waals surface area contributed by atoms with E-state index in [1.54, 1.807) is 6.92 Å². The quantitative estimate of drug-likeness (QED) is 0.503. The Balaban J connectivity index is 2.92. The highest BCUT2D eigenvalue weighted by Crippen LogP contribution is 2.17. The van der Waals surface area contributed by atoms with E-state index in [1.165, 1.54) is 6.07 Å². The van der Waals surface area contributed by atoms with Gasteiger partial charge in [-0.25, -0.2) is 0 Å². The first-order valence-electron chi connectivity index (χ1n) is 5.20. The summed E-state index contributed by atoms with van der Waals surface area (Å²) in [6.45, 7) is 1.79. The molecule has 1 aromatic rings. The van der Waals surface area contributed by atoms with Gasteiger partial charge < -0.3 is 5.32 Å². The molecule has 0 fully saturated rings. The van der Waals surface area contributed by atoms with Crippen LogP contribution in [0.25, 0.3) is 0 Å². The van der Waals surface area contributed by atoms with Gasteiger partial charge in [0.2, 0.25) is 5.82 Å². The number of terminal acetylenes is 1. The Hall–Kier alpha value is -2.42. The maximum atomic E-state index is 13.3. The Morgan fingerprint density at radius 1 is 1.67 bits per heavy atom. The molecule has 5 nitrogen and oxygen atoms in total. The van der Waals surface area contributed by atoms with E-state index in [-0.39, 0.29) is 5.56 Å². The smallest absolute Gasteiger partial charge is 0.304 e. The molecule has 0 aliphatic heterocycles. The lowest BCUT2D eigenvalue weighted by atomic mass is 10.1. The van der Waals surface area contributed by atoms with E-state index in [2.05, 4.69) is 11.2 Å². The Bertz CT molecular complexity index is 523. The van der Waals surface area contributed by atoms with Crippen molar-refractivity contribution in [3.8, 4) is 12.3 Å². The van der Waals surface area contributed by atoms with E-state index in [4.69, 9.17) is 6.42 Å². The molecule has 0 aliphatic carbocycles. The van der Waals surface area contributed by atoms with E-state index >= 15 is 0 Å². The van der Waals surface area contributed by atoms with Gasteiger partial charge in [-0.15, -0.1) is 6.42 Å². The number of carbonyl (C=O) groups excluding carboxylic acids is 1. The van der Waals surface area contributed by atoms with E-state index in [1.807, 2.05) is 0 Å². The molecule has 1 aromatic carbocycles. The van der Waals surface area contributed by atoms with E-state index < -0.39 is 28.4 Å². The summed E-state index contributed by atoms with van der Waals surface area (Å²) in [6.07, 6.45) is 5.71. The van der Waals surface area contributed by atoms with Gasteiger partial charge in [-0.1, -0.05) is 12.8 Å². The maximum Gasteiger partial charge on any atom is 0.304 e. The molecule has 1 N–H and O–H groups in total. The molecule has 1 atom stereocenters. The second-order valence-electron chi connectivity index (χ2n) is 3.52. The largest absolute Gasteiger partial charge is 0.338 e. The average Bonchev–Trinajstić information content (AvgIpc) is 2.34. The Morgan fingerprint density at radius 2 is 2.33 bits per heavy atom. The number of nitrogens with one attached hydrogen (secondary N) is 1. The number of hydrogen-bond donors (Lipinski definition) is 1. The minimum absolute atomic E-state index is 0.00759. The minimum Gasteiger partial charge on any atom is -0.338 e. The fourth-order valence-corrected chi connectivity index (χ4v) is 1.30. The minimum atomic E-state index is -1.05. The van der Waals surface area contributed by atoms with Gasteiger partial charge in [0.05, 0.1) is 11.0 Å². The molecule has 0 heterocycles. The van der Waals surface area contributed by atoms with Crippen molar-refractivity contribution in [3.63, 3.8) is 0 Å². The third-order valence-electron chi connectivity index (χ3n) is 2.32. The molecule has 18 heavy (non-hydrogen) atoms. The van der Waals surface area contributed by atoms with Crippen LogP contribution in [0.4, 0.5) is 10.1 Å². The number of carbonyl (C=O) groups is 1. The third-order valence-corrected chi connectivity index (χ3v) is 2.32. The summed E-state index contributed by atoms with van der Waals surface area (Å²) in [4.78, 5) is 21.2. The first-order chi connectivity index (χ1) is 8.49. The Labute approximate surface area is 103 Å². The lowest BCUT2D eigenvalue weighted by Crippen LogP contribution is -2.33. The first kappa shape index (κ1) is 13.6. The van der Waals surface area contributed by atoms with Gasteiger partial charge in [-0.3, -0.25) is 14.9 Å². The van der Waals surface area contributed by atoms with Crippen LogP contribution in [0.2, 0.25) is 0 Å². The fourth-order valence-electron chi connectivity index (χ4n) is 1.30. The zero-order valence-electron chi connectivity index (χ0n) is 9.64. The predicted molar refractivity (Wildman–Crippen MR) is 63.4 cm³/mol. The second kappa shape index (κ2) is 5.77. The summed E-state index contributed by atoms with van der Waals surface area (Å²) in [7, 11) is 0. The lowest BCUT2D eigenvalue weighted by Gasteiger charge is -2.10. The maximum absolute atomic E-state index is 13.3. The summed E-state index contributed by atoms with van der Waals surface area (Å²) in [6, 6.07) is 2.49. The molecule has 1 amide bonds. The summed E-state index contributed by atoms with van der Waals surface area (Å²) in [5.74, 6) is 0.747. The number of amides is 1. The van der Waals surface area contributed by atoms with E-state index in [9.17, 15) is 19.3 Å². The van der Waals surface area contributed by atoms with Gasteiger partial charge in [0, 0.05) is 11.6 Å². The number of hydrogen-bond acceptors (Lipinski definition) is 3. The van der Waals surface area contributed by atoms with Crippen molar-refractivity contribution in [1.29, 1.82) is 0 Å². The van der Waals surface area contributed by atoms with Crippen molar-refractivity contribution in [2.45, 2.75) is 19.4 Å². The van der Waals surface area contributed by atoms with Gasteiger partial charge in [0.1, 0.15) is 0 Å². The number of nitrogens with zero attached hydrogens (tertiary/aromatic N) is 1. The van der Waals surface area contributed by atoms with Gasteiger partial charge in [-0.05, 0) is 18.6 Å². The molecule has 0 saturated heterocycles. The van der Waals surface area contributed by atoms with Gasteiger partial charge in [0.25, 0.3) is 5.91 Å². The number of rotatable bonds is 4. The zero-order valence-corrected chi connectivity index (χ0v) is 9.64. The summed E-state index contributed by atoms with van der Waals surface area (Å²) in [5, 5.41) is 12.9. The fraction of sp³-hybridized carbons (Fsp3) is 0.250. The highest BCUT2D eigenvalue weighted by atomic mass is 19.1. The van der Waals surface area contributed by atoms with Crippen LogP contribution >= 0.6 is 0 Å². The molecular weight excluding hydrogens is 239 g/mol. The van der Waals surface area contributed by atoms with Crippen LogP contribution in [0, 0.1) is 28.3 Å². The predicted octanol–water partition coefficient (Wildman–Crippen LogP) is 1.88. The molecule has 1 rings (SSSR count). The number of nitro groups is 1. The van der Waals surface area contributed by atoms with Crippen molar-refractivity contribution < 1.29 is 14.1 Å². The average molecular weight is 250 g/mol. The van der Waals surface area contributed by atoms with Gasteiger partial charge >= 0.3 is 5.69 Å². The van der Waals surface area contributed by atoms with Crippen LogP contribution in [0.5, 0.6) is 0 Å². The van der Waals surface area contributed by atoms with Gasteiger partial charge in [0.15, 0.2) is 0 Å². The van der Waals surface area contributed by atoms with Crippen molar-refractivity contribution in [2.24, 2.45) is 0 Å². The van der Waals surface area contributed by atoms with Crippen molar-refractivity contribution in [1.82, 2.24) is 5.32 Å². The summed E-state index contributed by atoms with van der Waals surface area (Å²) >= 11 is 0. The first-order valence-corrected chi connectivity index (χ1v) is 5.20. The number of halogens is 1. The molecule has 0 aliphatic rings. The Morgan fingerprint density at radius 3 is 2.78 bits per heavy atom. The van der Waals surface area contributed by atoms with Crippen LogP contribution in [-0.2, 0) is 0 Å². The normalized spacial score (nSPS) is 11.4. The van der Waals surface area contributed by atoms with Crippen molar-refractivity contribution >= 4 is 11.6 Å². The SMILES string of the molecule is C#CC(CC)NC(=O)c1ccc([N+](=O)[O-])c(F)c1. The highest BCUT2D eigenvalue weighted by molar-refractivity contribution is 5.94. The van der Waals surface area contributed by atoms with Crippen LogP contribution in [0.1, 0.15) is 23.7 Å². The topological polar surface area (TPSA) is 72.2 Å². The van der Waals surface area contributed by atoms with Gasteiger partial charge in [-0.2, -0.15) is 4.39 Å². The molecule has 1 unspecified atom stereocenters. The molecule has 0 aromatic heterocycles. The molecule has 0 saturated carbocycles. The standard InChI is InChI=1S/C12H11FN2O3/c1-3-9(4-2)14-12(16)8-5-6-11(15(17)18)10(13)7-8/h1,5-7,9H,4H2,2H3,(H,14,16). The van der Waals surface area contributed by atoms with E-state index in [0.29, 0.717) is 6.42 Å². The Kier molecular flexibility index (Phi) is 4.38. The van der Waals surface area contributed by atoms with Crippen LogP contribution < -0.4 is 5.32 Å². The summed E-state index contributed by atoms with van der Waals surface area (Å²) in [5.41, 5.74) is -0.678. The monoisotopic (exact) mass is 250 g/mol. The van der Waals surface area contributed by atoms with Crippen molar-refractivity contribution in [3.05, 3.63) is 39.7 Å².